The van der Waals surface area contributed by atoms with Crippen molar-refractivity contribution in [1.82, 2.24) is 10.2 Å². The number of nitrogens with zero attached hydrogens (tertiary/aromatic N) is 2. The Hall–Kier alpha value is -1.31. The lowest BCUT2D eigenvalue weighted by molar-refractivity contribution is -0.123. The second-order valence-electron chi connectivity index (χ2n) is 6.74. The Morgan fingerprint density at radius 3 is 2.65 bits per heavy atom. The standard InChI is InChI=1S/C19H31FN4OS/c1-4-23-8-10-24(11-9-23)18-6-5-15(20)13-16(18)14(2)22-19(25)17(21)7-12-26-3/h5-6,13-14,17H,4,7-12,21H2,1-3H3,(H,22,25)/t14?,17-/m0/s1. The Kier molecular flexibility index (Phi) is 8.18. The molecule has 3 N–H and O–H groups in total. The fourth-order valence-corrected chi connectivity index (χ4v) is 3.73. The van der Waals surface area contributed by atoms with E-state index >= 15 is 0 Å². The number of halogens is 1. The number of hydrogen-bond donors (Lipinski definition) is 2. The summed E-state index contributed by atoms with van der Waals surface area (Å²) < 4.78 is 13.9. The molecule has 0 saturated carbocycles. The van der Waals surface area contributed by atoms with E-state index in [1.54, 1.807) is 11.8 Å². The zero-order valence-electron chi connectivity index (χ0n) is 16.0. The number of amides is 1. The minimum Gasteiger partial charge on any atom is -0.369 e. The van der Waals surface area contributed by atoms with Crippen LogP contribution in [-0.4, -0.2) is 61.6 Å². The van der Waals surface area contributed by atoms with Crippen LogP contribution in [0.1, 0.15) is 31.9 Å². The maximum absolute atomic E-state index is 13.9. The summed E-state index contributed by atoms with van der Waals surface area (Å²) in [4.78, 5) is 17.0. The molecule has 1 aliphatic heterocycles. The molecule has 1 unspecified atom stereocenters. The van der Waals surface area contributed by atoms with E-state index in [0.717, 1.165) is 49.7 Å². The molecule has 0 aromatic heterocycles. The fourth-order valence-electron chi connectivity index (χ4n) is 3.24. The molecule has 0 radical (unpaired) electrons. The van der Waals surface area contributed by atoms with E-state index < -0.39 is 6.04 Å². The molecule has 26 heavy (non-hydrogen) atoms. The van der Waals surface area contributed by atoms with Crippen LogP contribution in [0.15, 0.2) is 18.2 Å². The Morgan fingerprint density at radius 2 is 2.04 bits per heavy atom. The Balaban J connectivity index is 2.10. The molecule has 1 aliphatic rings. The molecule has 2 atom stereocenters. The summed E-state index contributed by atoms with van der Waals surface area (Å²) in [6.45, 7) is 8.89. The smallest absolute Gasteiger partial charge is 0.237 e. The first-order valence-corrected chi connectivity index (χ1v) is 10.7. The van der Waals surface area contributed by atoms with E-state index in [4.69, 9.17) is 5.73 Å². The van der Waals surface area contributed by atoms with Crippen molar-refractivity contribution in [1.29, 1.82) is 0 Å². The minimum atomic E-state index is -0.532. The molecule has 1 fully saturated rings. The molecule has 1 saturated heterocycles. The van der Waals surface area contributed by atoms with Gasteiger partial charge in [0, 0.05) is 37.4 Å². The van der Waals surface area contributed by atoms with Crippen molar-refractivity contribution in [2.45, 2.75) is 32.4 Å². The maximum atomic E-state index is 13.9. The van der Waals surface area contributed by atoms with Gasteiger partial charge < -0.3 is 20.9 Å². The average Bonchev–Trinajstić information content (AvgIpc) is 2.66. The van der Waals surface area contributed by atoms with Gasteiger partial charge in [-0.15, -0.1) is 0 Å². The lowest BCUT2D eigenvalue weighted by Gasteiger charge is -2.37. The van der Waals surface area contributed by atoms with Gasteiger partial charge in [0.2, 0.25) is 5.91 Å². The Bertz CT molecular complexity index is 593. The van der Waals surface area contributed by atoms with Crippen LogP contribution in [0.2, 0.25) is 0 Å². The number of thioether (sulfide) groups is 1. The van der Waals surface area contributed by atoms with Crippen molar-refractivity contribution in [3.63, 3.8) is 0 Å². The second kappa shape index (κ2) is 10.1. The van der Waals surface area contributed by atoms with Gasteiger partial charge in [0.15, 0.2) is 0 Å². The van der Waals surface area contributed by atoms with Gasteiger partial charge in [0.1, 0.15) is 5.82 Å². The van der Waals surface area contributed by atoms with Crippen molar-refractivity contribution < 1.29 is 9.18 Å². The van der Waals surface area contributed by atoms with Gasteiger partial charge in [-0.05, 0) is 50.1 Å². The number of likely N-dealkylation sites (N-methyl/N-ethyl adjacent to an activating group) is 1. The highest BCUT2D eigenvalue weighted by Gasteiger charge is 2.23. The second-order valence-corrected chi connectivity index (χ2v) is 7.73. The first-order chi connectivity index (χ1) is 12.5. The molecule has 0 spiro atoms. The van der Waals surface area contributed by atoms with Gasteiger partial charge in [-0.3, -0.25) is 4.79 Å². The third-order valence-corrected chi connectivity index (χ3v) is 5.59. The van der Waals surface area contributed by atoms with Crippen molar-refractivity contribution in [3.8, 4) is 0 Å². The maximum Gasteiger partial charge on any atom is 0.237 e. The van der Waals surface area contributed by atoms with Crippen LogP contribution in [0.3, 0.4) is 0 Å². The quantitative estimate of drug-likeness (QED) is 0.722. The molecule has 2 rings (SSSR count). The number of nitrogens with two attached hydrogens (primary N) is 1. The van der Waals surface area contributed by atoms with Crippen LogP contribution in [0.5, 0.6) is 0 Å². The fraction of sp³-hybridized carbons (Fsp3) is 0.632. The number of carbonyl (C=O) groups is 1. The number of hydrogen-bond acceptors (Lipinski definition) is 5. The number of carbonyl (C=O) groups excluding carboxylic acids is 1. The highest BCUT2D eigenvalue weighted by atomic mass is 32.2. The summed E-state index contributed by atoms with van der Waals surface area (Å²) >= 11 is 1.67. The van der Waals surface area contributed by atoms with Crippen LogP contribution in [0.4, 0.5) is 10.1 Å². The molecule has 1 aromatic carbocycles. The number of nitrogens with one attached hydrogen (secondary N) is 1. The van der Waals surface area contributed by atoms with E-state index in [-0.39, 0.29) is 17.8 Å². The molecular weight excluding hydrogens is 351 g/mol. The van der Waals surface area contributed by atoms with Crippen molar-refractivity contribution >= 4 is 23.4 Å². The molecule has 7 heteroatoms. The first-order valence-electron chi connectivity index (χ1n) is 9.27. The highest BCUT2D eigenvalue weighted by molar-refractivity contribution is 7.98. The molecule has 1 amide bonds. The predicted molar refractivity (Wildman–Crippen MR) is 108 cm³/mol. The van der Waals surface area contributed by atoms with E-state index in [9.17, 15) is 9.18 Å². The molecular formula is C19H31FN4OS. The van der Waals surface area contributed by atoms with Crippen LogP contribution in [0, 0.1) is 5.82 Å². The molecule has 146 valence electrons. The zero-order chi connectivity index (χ0) is 19.1. The average molecular weight is 383 g/mol. The number of benzene rings is 1. The Labute approximate surface area is 160 Å². The van der Waals surface area contributed by atoms with Crippen molar-refractivity contribution in [3.05, 3.63) is 29.6 Å². The molecule has 5 nitrogen and oxygen atoms in total. The molecule has 1 heterocycles. The molecule has 0 bridgehead atoms. The van der Waals surface area contributed by atoms with E-state index in [0.29, 0.717) is 6.42 Å². The van der Waals surface area contributed by atoms with E-state index in [1.165, 1.54) is 12.1 Å². The summed E-state index contributed by atoms with van der Waals surface area (Å²) in [6.07, 6.45) is 2.62. The summed E-state index contributed by atoms with van der Waals surface area (Å²) in [5.41, 5.74) is 7.75. The third-order valence-electron chi connectivity index (χ3n) is 4.94. The lowest BCUT2D eigenvalue weighted by atomic mass is 10.0. The summed E-state index contributed by atoms with van der Waals surface area (Å²) in [5.74, 6) is 0.372. The SMILES string of the molecule is CCN1CCN(c2ccc(F)cc2C(C)NC(=O)[C@@H](N)CCSC)CC1. The summed E-state index contributed by atoms with van der Waals surface area (Å²) in [6, 6.07) is 4.01. The van der Waals surface area contributed by atoms with Gasteiger partial charge in [-0.25, -0.2) is 4.39 Å². The largest absolute Gasteiger partial charge is 0.369 e. The van der Waals surface area contributed by atoms with Crippen LogP contribution < -0.4 is 16.0 Å². The van der Waals surface area contributed by atoms with Crippen LogP contribution in [0.25, 0.3) is 0 Å². The molecule has 0 aliphatic carbocycles. The predicted octanol–water partition coefficient (Wildman–Crippen LogP) is 2.23. The lowest BCUT2D eigenvalue weighted by Crippen LogP contribution is -2.47. The minimum absolute atomic E-state index is 0.183. The summed E-state index contributed by atoms with van der Waals surface area (Å²) in [5, 5.41) is 2.95. The summed E-state index contributed by atoms with van der Waals surface area (Å²) in [7, 11) is 0. The van der Waals surface area contributed by atoms with Crippen LogP contribution in [-0.2, 0) is 4.79 Å². The van der Waals surface area contributed by atoms with E-state index in [1.807, 2.05) is 19.2 Å². The Morgan fingerprint density at radius 1 is 1.35 bits per heavy atom. The molecule has 1 aromatic rings. The van der Waals surface area contributed by atoms with Gasteiger partial charge >= 0.3 is 0 Å². The van der Waals surface area contributed by atoms with Crippen molar-refractivity contribution in [2.75, 3.05) is 49.6 Å². The third kappa shape index (κ3) is 5.59. The number of piperazine rings is 1. The van der Waals surface area contributed by atoms with Crippen molar-refractivity contribution in [2.24, 2.45) is 5.73 Å². The highest BCUT2D eigenvalue weighted by Crippen LogP contribution is 2.28. The van der Waals surface area contributed by atoms with Gasteiger partial charge in [-0.1, -0.05) is 6.92 Å². The van der Waals surface area contributed by atoms with Crippen LogP contribution >= 0.6 is 11.8 Å². The van der Waals surface area contributed by atoms with E-state index in [2.05, 4.69) is 22.0 Å². The van der Waals surface area contributed by atoms with Gasteiger partial charge in [0.25, 0.3) is 0 Å². The zero-order valence-corrected chi connectivity index (χ0v) is 16.8. The van der Waals surface area contributed by atoms with Gasteiger partial charge in [0.05, 0.1) is 12.1 Å². The number of anilines is 1. The monoisotopic (exact) mass is 382 g/mol. The first kappa shape index (κ1) is 21.0. The van der Waals surface area contributed by atoms with Gasteiger partial charge in [-0.2, -0.15) is 11.8 Å². The topological polar surface area (TPSA) is 61.6 Å². The normalized spacial score (nSPS) is 17.8. The number of rotatable bonds is 8.